The van der Waals surface area contributed by atoms with Gasteiger partial charge in [-0.3, -0.25) is 4.79 Å². The first-order valence-corrected chi connectivity index (χ1v) is 9.07. The summed E-state index contributed by atoms with van der Waals surface area (Å²) < 4.78 is 18.4. The topological polar surface area (TPSA) is 38.3 Å². The van der Waals surface area contributed by atoms with E-state index in [-0.39, 0.29) is 11.7 Å². The second-order valence-corrected chi connectivity index (χ2v) is 6.55. The lowest BCUT2D eigenvalue weighted by Gasteiger charge is -2.07. The summed E-state index contributed by atoms with van der Waals surface area (Å²) in [5, 5.41) is 2.87. The van der Waals surface area contributed by atoms with Crippen molar-refractivity contribution in [3.8, 4) is 5.75 Å². The van der Waals surface area contributed by atoms with Gasteiger partial charge in [-0.05, 0) is 43.2 Å². The number of amides is 1. The lowest BCUT2D eigenvalue weighted by molar-refractivity contribution is -0.118. The highest BCUT2D eigenvalue weighted by Gasteiger charge is 2.02. The molecule has 5 heteroatoms. The van der Waals surface area contributed by atoms with Gasteiger partial charge in [0.1, 0.15) is 11.6 Å². The number of ether oxygens (including phenoxy) is 1. The summed E-state index contributed by atoms with van der Waals surface area (Å²) in [5.41, 5.74) is 2.21. The normalized spacial score (nSPS) is 10.4. The fourth-order valence-corrected chi connectivity index (χ4v) is 2.70. The average molecular weight is 347 g/mol. The standard InChI is InChI=1S/C19H22FNO2S/c1-15-2-8-18(9-3-15)23-12-13-24-14-19(22)21-11-10-16-4-6-17(20)7-5-16/h2-9H,10-14H2,1H3,(H,21,22). The number of carbonyl (C=O) groups excluding carboxylic acids is 1. The zero-order valence-corrected chi connectivity index (χ0v) is 14.6. The van der Waals surface area contributed by atoms with Gasteiger partial charge in [0.05, 0.1) is 12.4 Å². The van der Waals surface area contributed by atoms with Crippen LogP contribution in [0.5, 0.6) is 5.75 Å². The molecule has 0 aliphatic heterocycles. The van der Waals surface area contributed by atoms with Crippen molar-refractivity contribution in [3.63, 3.8) is 0 Å². The molecule has 0 saturated heterocycles. The number of aryl methyl sites for hydroxylation is 1. The fourth-order valence-electron chi connectivity index (χ4n) is 2.07. The number of benzene rings is 2. The molecule has 2 aromatic rings. The molecule has 0 heterocycles. The Morgan fingerprint density at radius 3 is 2.54 bits per heavy atom. The Morgan fingerprint density at radius 1 is 1.12 bits per heavy atom. The second-order valence-electron chi connectivity index (χ2n) is 5.44. The van der Waals surface area contributed by atoms with Crippen LogP contribution >= 0.6 is 11.8 Å². The highest BCUT2D eigenvalue weighted by atomic mass is 32.2. The number of thioether (sulfide) groups is 1. The number of carbonyl (C=O) groups is 1. The summed E-state index contributed by atoms with van der Waals surface area (Å²) in [5.74, 6) is 1.80. The monoisotopic (exact) mass is 347 g/mol. The van der Waals surface area contributed by atoms with Crippen LogP contribution in [0.3, 0.4) is 0 Å². The van der Waals surface area contributed by atoms with Crippen molar-refractivity contribution in [2.75, 3.05) is 24.7 Å². The lowest BCUT2D eigenvalue weighted by atomic mass is 10.1. The van der Waals surface area contributed by atoms with Gasteiger partial charge in [0.15, 0.2) is 0 Å². The molecule has 0 fully saturated rings. The third kappa shape index (κ3) is 7.04. The molecule has 2 rings (SSSR count). The summed E-state index contributed by atoms with van der Waals surface area (Å²) in [6.07, 6.45) is 0.702. The fraction of sp³-hybridized carbons (Fsp3) is 0.316. The van der Waals surface area contributed by atoms with E-state index in [2.05, 4.69) is 5.32 Å². The Balaban J connectivity index is 1.51. The van der Waals surface area contributed by atoms with Crippen LogP contribution in [0.2, 0.25) is 0 Å². The molecule has 2 aromatic carbocycles. The van der Waals surface area contributed by atoms with Crippen LogP contribution in [0.1, 0.15) is 11.1 Å². The number of rotatable bonds is 9. The van der Waals surface area contributed by atoms with Crippen molar-refractivity contribution in [2.45, 2.75) is 13.3 Å². The molecule has 0 unspecified atom stereocenters. The predicted molar refractivity (Wildman–Crippen MR) is 97.1 cm³/mol. The van der Waals surface area contributed by atoms with Crippen LogP contribution in [0.4, 0.5) is 4.39 Å². The van der Waals surface area contributed by atoms with Gasteiger partial charge >= 0.3 is 0 Å². The summed E-state index contributed by atoms with van der Waals surface area (Å²) in [6.45, 7) is 3.18. The Labute approximate surface area is 146 Å². The van der Waals surface area contributed by atoms with Gasteiger partial charge in [-0.2, -0.15) is 0 Å². The van der Waals surface area contributed by atoms with E-state index in [4.69, 9.17) is 4.74 Å². The van der Waals surface area contributed by atoms with Crippen molar-refractivity contribution >= 4 is 17.7 Å². The first kappa shape index (κ1) is 18.3. The molecule has 0 aliphatic rings. The van der Waals surface area contributed by atoms with Crippen molar-refractivity contribution in [1.29, 1.82) is 0 Å². The molecule has 24 heavy (non-hydrogen) atoms. The van der Waals surface area contributed by atoms with Gasteiger partial charge in [-0.25, -0.2) is 4.39 Å². The molecule has 1 amide bonds. The smallest absolute Gasteiger partial charge is 0.230 e. The molecule has 0 spiro atoms. The van der Waals surface area contributed by atoms with Crippen molar-refractivity contribution in [1.82, 2.24) is 5.32 Å². The van der Waals surface area contributed by atoms with E-state index >= 15 is 0 Å². The van der Waals surface area contributed by atoms with Crippen LogP contribution in [-0.2, 0) is 11.2 Å². The lowest BCUT2D eigenvalue weighted by Crippen LogP contribution is -2.27. The number of nitrogens with one attached hydrogen (secondary N) is 1. The number of hydrogen-bond acceptors (Lipinski definition) is 3. The minimum Gasteiger partial charge on any atom is -0.493 e. The predicted octanol–water partition coefficient (Wildman–Crippen LogP) is 3.61. The zero-order valence-electron chi connectivity index (χ0n) is 13.8. The Bertz CT molecular complexity index is 629. The van der Waals surface area contributed by atoms with Crippen LogP contribution in [0.15, 0.2) is 48.5 Å². The van der Waals surface area contributed by atoms with Crippen LogP contribution < -0.4 is 10.1 Å². The van der Waals surface area contributed by atoms with E-state index in [1.54, 1.807) is 23.9 Å². The van der Waals surface area contributed by atoms with Crippen molar-refractivity contribution in [2.24, 2.45) is 0 Å². The maximum atomic E-state index is 12.8. The second kappa shape index (κ2) is 9.98. The maximum Gasteiger partial charge on any atom is 0.230 e. The van der Waals surface area contributed by atoms with Crippen molar-refractivity contribution < 1.29 is 13.9 Å². The highest BCUT2D eigenvalue weighted by molar-refractivity contribution is 7.99. The van der Waals surface area contributed by atoms with E-state index in [1.807, 2.05) is 31.2 Å². The minimum absolute atomic E-state index is 0.0115. The molecule has 0 bridgehead atoms. The Kier molecular flexibility index (Phi) is 7.62. The Morgan fingerprint density at radius 2 is 1.83 bits per heavy atom. The third-order valence-electron chi connectivity index (χ3n) is 3.40. The van der Waals surface area contributed by atoms with Gasteiger partial charge in [-0.1, -0.05) is 29.8 Å². The summed E-state index contributed by atoms with van der Waals surface area (Å²) in [4.78, 5) is 11.7. The van der Waals surface area contributed by atoms with Crippen LogP contribution in [-0.4, -0.2) is 30.6 Å². The molecular weight excluding hydrogens is 325 g/mol. The van der Waals surface area contributed by atoms with E-state index in [9.17, 15) is 9.18 Å². The van der Waals surface area contributed by atoms with Crippen LogP contribution in [0.25, 0.3) is 0 Å². The Hall–Kier alpha value is -2.01. The first-order chi connectivity index (χ1) is 11.6. The van der Waals surface area contributed by atoms with E-state index in [0.29, 0.717) is 25.3 Å². The molecule has 1 N–H and O–H groups in total. The van der Waals surface area contributed by atoms with Gasteiger partial charge in [-0.15, -0.1) is 11.8 Å². The summed E-state index contributed by atoms with van der Waals surface area (Å²) in [6, 6.07) is 14.2. The zero-order chi connectivity index (χ0) is 17.2. The van der Waals surface area contributed by atoms with E-state index < -0.39 is 0 Å². The minimum atomic E-state index is -0.243. The number of hydrogen-bond donors (Lipinski definition) is 1. The highest BCUT2D eigenvalue weighted by Crippen LogP contribution is 2.12. The summed E-state index contributed by atoms with van der Waals surface area (Å²) >= 11 is 1.55. The van der Waals surface area contributed by atoms with Gasteiger partial charge in [0.2, 0.25) is 5.91 Å². The van der Waals surface area contributed by atoms with Gasteiger partial charge in [0, 0.05) is 12.3 Å². The summed E-state index contributed by atoms with van der Waals surface area (Å²) in [7, 11) is 0. The molecule has 0 aliphatic carbocycles. The third-order valence-corrected chi connectivity index (χ3v) is 4.32. The molecular formula is C19H22FNO2S. The first-order valence-electron chi connectivity index (χ1n) is 7.92. The average Bonchev–Trinajstić information content (AvgIpc) is 2.58. The SMILES string of the molecule is Cc1ccc(OCCSCC(=O)NCCc2ccc(F)cc2)cc1. The van der Waals surface area contributed by atoms with E-state index in [1.165, 1.54) is 17.7 Å². The molecule has 0 atom stereocenters. The molecule has 128 valence electrons. The molecule has 3 nitrogen and oxygen atoms in total. The molecule has 0 radical (unpaired) electrons. The van der Waals surface area contributed by atoms with Gasteiger partial charge < -0.3 is 10.1 Å². The quantitative estimate of drug-likeness (QED) is 0.704. The number of halogens is 1. The molecule has 0 aromatic heterocycles. The van der Waals surface area contributed by atoms with Crippen molar-refractivity contribution in [3.05, 3.63) is 65.5 Å². The van der Waals surface area contributed by atoms with E-state index in [0.717, 1.165) is 17.1 Å². The van der Waals surface area contributed by atoms with Gasteiger partial charge in [0.25, 0.3) is 0 Å². The van der Waals surface area contributed by atoms with Crippen LogP contribution in [0, 0.1) is 12.7 Å². The molecule has 0 saturated carbocycles. The maximum absolute atomic E-state index is 12.8. The largest absolute Gasteiger partial charge is 0.493 e.